The van der Waals surface area contributed by atoms with Crippen molar-refractivity contribution in [1.29, 1.82) is 0 Å². The SMILES string of the molecule is CC(C)C1NCC(=O)N1CC1CSCCS1. The number of thioether (sulfide) groups is 2. The number of nitrogens with zero attached hydrogens (tertiary/aromatic N) is 1. The van der Waals surface area contributed by atoms with Crippen LogP contribution in [0.5, 0.6) is 0 Å². The van der Waals surface area contributed by atoms with Crippen LogP contribution in [-0.4, -0.2) is 52.6 Å². The lowest BCUT2D eigenvalue weighted by Crippen LogP contribution is -2.45. The number of hydrogen-bond donors (Lipinski definition) is 1. The number of rotatable bonds is 3. The van der Waals surface area contributed by atoms with Crippen molar-refractivity contribution in [2.75, 3.05) is 30.3 Å². The highest BCUT2D eigenvalue weighted by Gasteiger charge is 2.34. The average Bonchev–Trinajstić information content (AvgIpc) is 2.62. The highest BCUT2D eigenvalue weighted by atomic mass is 32.2. The molecule has 2 saturated heterocycles. The molecule has 0 saturated carbocycles. The minimum atomic E-state index is 0.250. The maximum absolute atomic E-state index is 11.8. The van der Waals surface area contributed by atoms with Crippen LogP contribution < -0.4 is 5.32 Å². The van der Waals surface area contributed by atoms with Crippen LogP contribution in [0.2, 0.25) is 0 Å². The zero-order chi connectivity index (χ0) is 11.5. The van der Waals surface area contributed by atoms with E-state index in [4.69, 9.17) is 0 Å². The molecule has 16 heavy (non-hydrogen) atoms. The summed E-state index contributed by atoms with van der Waals surface area (Å²) >= 11 is 4.04. The van der Waals surface area contributed by atoms with E-state index < -0.39 is 0 Å². The van der Waals surface area contributed by atoms with Crippen molar-refractivity contribution in [1.82, 2.24) is 10.2 Å². The monoisotopic (exact) mass is 260 g/mol. The van der Waals surface area contributed by atoms with Crippen molar-refractivity contribution in [2.24, 2.45) is 5.92 Å². The summed E-state index contributed by atoms with van der Waals surface area (Å²) in [6.07, 6.45) is 0.250. The molecule has 2 aliphatic heterocycles. The van der Waals surface area contributed by atoms with Crippen LogP contribution in [0, 0.1) is 5.92 Å². The quantitative estimate of drug-likeness (QED) is 0.828. The molecule has 2 heterocycles. The highest BCUT2D eigenvalue weighted by Crippen LogP contribution is 2.26. The Bertz CT molecular complexity index is 254. The molecule has 5 heteroatoms. The third kappa shape index (κ3) is 2.87. The van der Waals surface area contributed by atoms with E-state index in [2.05, 4.69) is 19.2 Å². The van der Waals surface area contributed by atoms with Gasteiger partial charge < -0.3 is 4.90 Å². The number of amides is 1. The number of carbonyl (C=O) groups is 1. The zero-order valence-electron chi connectivity index (χ0n) is 9.94. The third-order valence-electron chi connectivity index (χ3n) is 3.04. The summed E-state index contributed by atoms with van der Waals surface area (Å²) in [6, 6.07) is 0. The Morgan fingerprint density at radius 2 is 2.31 bits per heavy atom. The molecule has 2 unspecified atom stereocenters. The largest absolute Gasteiger partial charge is 0.325 e. The first-order chi connectivity index (χ1) is 7.68. The van der Waals surface area contributed by atoms with Crippen LogP contribution >= 0.6 is 23.5 Å². The average molecular weight is 260 g/mol. The van der Waals surface area contributed by atoms with Gasteiger partial charge in [-0.15, -0.1) is 0 Å². The van der Waals surface area contributed by atoms with Crippen molar-refractivity contribution in [3.63, 3.8) is 0 Å². The van der Waals surface area contributed by atoms with E-state index in [0.29, 0.717) is 17.7 Å². The van der Waals surface area contributed by atoms with Crippen molar-refractivity contribution in [2.45, 2.75) is 25.3 Å². The number of hydrogen-bond acceptors (Lipinski definition) is 4. The van der Waals surface area contributed by atoms with E-state index in [1.54, 1.807) is 0 Å². The lowest BCUT2D eigenvalue weighted by molar-refractivity contribution is -0.128. The molecule has 92 valence electrons. The second kappa shape index (κ2) is 5.65. The van der Waals surface area contributed by atoms with Gasteiger partial charge in [-0.3, -0.25) is 10.1 Å². The van der Waals surface area contributed by atoms with Crippen molar-refractivity contribution in [3.05, 3.63) is 0 Å². The first-order valence-corrected chi connectivity index (χ1v) is 8.11. The number of nitrogens with one attached hydrogen (secondary N) is 1. The predicted molar refractivity (Wildman–Crippen MR) is 71.9 cm³/mol. The smallest absolute Gasteiger partial charge is 0.237 e. The Balaban J connectivity index is 1.92. The van der Waals surface area contributed by atoms with Gasteiger partial charge in [-0.05, 0) is 5.92 Å². The van der Waals surface area contributed by atoms with Crippen LogP contribution in [0.15, 0.2) is 0 Å². The van der Waals surface area contributed by atoms with Crippen LogP contribution in [0.4, 0.5) is 0 Å². The summed E-state index contributed by atoms with van der Waals surface area (Å²) in [4.78, 5) is 13.9. The third-order valence-corrected chi connectivity index (χ3v) is 5.86. The second-order valence-electron chi connectivity index (χ2n) is 4.68. The fourth-order valence-corrected chi connectivity index (χ4v) is 4.90. The number of carbonyl (C=O) groups excluding carboxylic acids is 1. The lowest BCUT2D eigenvalue weighted by Gasteiger charge is -2.32. The molecule has 0 radical (unpaired) electrons. The summed E-state index contributed by atoms with van der Waals surface area (Å²) in [5.41, 5.74) is 0. The molecule has 1 N–H and O–H groups in total. The predicted octanol–water partition coefficient (Wildman–Crippen LogP) is 1.25. The first-order valence-electron chi connectivity index (χ1n) is 5.90. The van der Waals surface area contributed by atoms with E-state index in [-0.39, 0.29) is 12.1 Å². The summed E-state index contributed by atoms with van der Waals surface area (Å²) in [6.45, 7) is 5.79. The molecule has 3 nitrogen and oxygen atoms in total. The fraction of sp³-hybridized carbons (Fsp3) is 0.909. The molecule has 0 aromatic rings. The van der Waals surface area contributed by atoms with Gasteiger partial charge in [0.1, 0.15) is 0 Å². The Hall–Kier alpha value is 0.130. The van der Waals surface area contributed by atoms with E-state index in [1.807, 2.05) is 28.4 Å². The van der Waals surface area contributed by atoms with Crippen molar-refractivity contribution in [3.8, 4) is 0 Å². The Morgan fingerprint density at radius 1 is 1.50 bits per heavy atom. The zero-order valence-corrected chi connectivity index (χ0v) is 11.6. The Labute approximate surface area is 106 Å². The molecule has 1 amide bonds. The molecule has 0 aliphatic carbocycles. The molecular weight excluding hydrogens is 240 g/mol. The van der Waals surface area contributed by atoms with Crippen LogP contribution in [0.25, 0.3) is 0 Å². The van der Waals surface area contributed by atoms with E-state index in [0.717, 1.165) is 6.54 Å². The van der Waals surface area contributed by atoms with Gasteiger partial charge in [-0.2, -0.15) is 23.5 Å². The maximum atomic E-state index is 11.8. The topological polar surface area (TPSA) is 32.3 Å². The van der Waals surface area contributed by atoms with Crippen molar-refractivity contribution < 1.29 is 4.79 Å². The van der Waals surface area contributed by atoms with Gasteiger partial charge in [-0.25, -0.2) is 0 Å². The van der Waals surface area contributed by atoms with Gasteiger partial charge >= 0.3 is 0 Å². The van der Waals surface area contributed by atoms with Gasteiger partial charge in [0.15, 0.2) is 0 Å². The summed E-state index contributed by atoms with van der Waals surface area (Å²) in [5.74, 6) is 4.46. The molecule has 2 fully saturated rings. The fourth-order valence-electron chi connectivity index (χ4n) is 2.23. The maximum Gasteiger partial charge on any atom is 0.237 e. The van der Waals surface area contributed by atoms with Gasteiger partial charge in [-0.1, -0.05) is 13.8 Å². The molecule has 2 atom stereocenters. The molecule has 2 rings (SSSR count). The molecule has 0 spiro atoms. The normalized spacial score (nSPS) is 31.4. The molecular formula is C11H20N2OS2. The Morgan fingerprint density at radius 3 is 2.94 bits per heavy atom. The van der Waals surface area contributed by atoms with Crippen LogP contribution in [0.3, 0.4) is 0 Å². The van der Waals surface area contributed by atoms with E-state index >= 15 is 0 Å². The van der Waals surface area contributed by atoms with E-state index in [1.165, 1.54) is 17.3 Å². The second-order valence-corrected chi connectivity index (χ2v) is 7.24. The summed E-state index contributed by atoms with van der Waals surface area (Å²) in [7, 11) is 0. The summed E-state index contributed by atoms with van der Waals surface area (Å²) in [5, 5.41) is 3.93. The van der Waals surface area contributed by atoms with Crippen LogP contribution in [-0.2, 0) is 4.79 Å². The molecule has 0 bridgehead atoms. The minimum absolute atomic E-state index is 0.250. The lowest BCUT2D eigenvalue weighted by atomic mass is 10.1. The first kappa shape index (κ1) is 12.6. The molecule has 2 aliphatic rings. The van der Waals surface area contributed by atoms with Gasteiger partial charge in [0.2, 0.25) is 5.91 Å². The summed E-state index contributed by atoms with van der Waals surface area (Å²) < 4.78 is 0. The van der Waals surface area contributed by atoms with Gasteiger partial charge in [0.05, 0.1) is 12.7 Å². The molecule has 0 aromatic carbocycles. The minimum Gasteiger partial charge on any atom is -0.325 e. The van der Waals surface area contributed by atoms with Gasteiger partial charge in [0.25, 0.3) is 0 Å². The standard InChI is InChI=1S/C11H20N2OS2/c1-8(2)11-12-5-10(14)13(11)6-9-7-15-3-4-16-9/h8-9,11-12H,3-7H2,1-2H3. The molecule has 0 aromatic heterocycles. The van der Waals surface area contributed by atoms with Crippen molar-refractivity contribution >= 4 is 29.4 Å². The highest BCUT2D eigenvalue weighted by molar-refractivity contribution is 8.06. The van der Waals surface area contributed by atoms with Gasteiger partial charge in [0, 0.05) is 29.1 Å². The Kier molecular flexibility index (Phi) is 4.44. The van der Waals surface area contributed by atoms with Crippen LogP contribution in [0.1, 0.15) is 13.8 Å². The van der Waals surface area contributed by atoms with E-state index in [9.17, 15) is 4.79 Å².